The summed E-state index contributed by atoms with van der Waals surface area (Å²) in [6.45, 7) is 4.09. The summed E-state index contributed by atoms with van der Waals surface area (Å²) in [7, 11) is 1.83. The van der Waals surface area contributed by atoms with Crippen molar-refractivity contribution >= 4 is 44.5 Å². The first kappa shape index (κ1) is 26.9. The summed E-state index contributed by atoms with van der Waals surface area (Å²) in [5.41, 5.74) is 2.63. The number of benzene rings is 2. The van der Waals surface area contributed by atoms with Crippen LogP contribution in [0.4, 0.5) is 20.9 Å². The largest absolute Gasteiger partial charge is 0.389 e. The molecule has 0 atom stereocenters. The molecule has 41 heavy (non-hydrogen) atoms. The summed E-state index contributed by atoms with van der Waals surface area (Å²) in [5.74, 6) is -0.316. The van der Waals surface area contributed by atoms with E-state index < -0.39 is 6.10 Å². The van der Waals surface area contributed by atoms with E-state index in [0.29, 0.717) is 46.3 Å². The Balaban J connectivity index is 1.24. The maximum Gasteiger partial charge on any atom is 0.255 e. The summed E-state index contributed by atoms with van der Waals surface area (Å²) >= 11 is 1.23. The van der Waals surface area contributed by atoms with Gasteiger partial charge in [0.05, 0.1) is 18.3 Å². The molecular formula is C29H28FN7O3S. The van der Waals surface area contributed by atoms with Crippen molar-refractivity contribution in [3.8, 4) is 17.3 Å². The number of halogens is 1. The van der Waals surface area contributed by atoms with E-state index in [4.69, 9.17) is 4.98 Å². The Labute approximate surface area is 239 Å². The number of nitrogens with zero attached hydrogens (tertiary/aromatic N) is 6. The van der Waals surface area contributed by atoms with Crippen LogP contribution in [0.15, 0.2) is 53.5 Å². The summed E-state index contributed by atoms with van der Waals surface area (Å²) in [4.78, 5) is 40.9. The minimum Gasteiger partial charge on any atom is -0.389 e. The minimum atomic E-state index is -0.402. The molecule has 2 saturated heterocycles. The van der Waals surface area contributed by atoms with E-state index in [1.807, 2.05) is 30.1 Å². The predicted octanol–water partition coefficient (Wildman–Crippen LogP) is 2.76. The van der Waals surface area contributed by atoms with Crippen molar-refractivity contribution in [1.29, 1.82) is 5.26 Å². The fourth-order valence-corrected chi connectivity index (χ4v) is 6.12. The zero-order valence-electron chi connectivity index (χ0n) is 22.4. The Morgan fingerprint density at radius 1 is 1.17 bits per heavy atom. The molecule has 210 valence electrons. The predicted molar refractivity (Wildman–Crippen MR) is 156 cm³/mol. The number of piperazine rings is 1. The minimum absolute atomic E-state index is 0.0469. The van der Waals surface area contributed by atoms with Gasteiger partial charge < -0.3 is 24.8 Å². The molecule has 2 aliphatic rings. The molecule has 4 heterocycles. The SMILES string of the molecule is CN(c1nc(-c2ccc(F)cc2)c(C#N)s1)c1c[nH]c(=O)c2ccc(N3CCN(CC(=O)N4CC(O)C4)CC3)cc12. The lowest BCUT2D eigenvalue weighted by atomic mass is 10.1. The van der Waals surface area contributed by atoms with Crippen LogP contribution in [0.5, 0.6) is 0 Å². The molecule has 4 aromatic rings. The van der Waals surface area contributed by atoms with Gasteiger partial charge in [-0.1, -0.05) is 11.3 Å². The molecule has 0 saturated carbocycles. The Morgan fingerprint density at radius 3 is 2.59 bits per heavy atom. The molecule has 0 radical (unpaired) electrons. The number of aromatic amines is 1. The number of pyridine rings is 1. The number of aliphatic hydroxyl groups is 1. The molecule has 2 fully saturated rings. The van der Waals surface area contributed by atoms with Crippen LogP contribution < -0.4 is 15.4 Å². The van der Waals surface area contributed by atoms with Crippen LogP contribution in [0.3, 0.4) is 0 Å². The van der Waals surface area contributed by atoms with Crippen LogP contribution in [-0.2, 0) is 4.79 Å². The normalized spacial score (nSPS) is 16.0. The second-order valence-electron chi connectivity index (χ2n) is 10.3. The fraction of sp³-hybridized carbons (Fsp3) is 0.310. The van der Waals surface area contributed by atoms with Crippen molar-refractivity contribution < 1.29 is 14.3 Å². The van der Waals surface area contributed by atoms with Gasteiger partial charge in [0, 0.05) is 74.5 Å². The number of nitrogens with one attached hydrogen (secondary N) is 1. The molecule has 1 amide bonds. The molecule has 0 unspecified atom stereocenters. The summed E-state index contributed by atoms with van der Waals surface area (Å²) in [6, 6.07) is 13.8. The van der Waals surface area contributed by atoms with Gasteiger partial charge in [-0.2, -0.15) is 5.26 Å². The highest BCUT2D eigenvalue weighted by Crippen LogP contribution is 2.37. The standard InChI is InChI=1S/C29H28FN7O3S/c1-34(29-33-27(25(13-31)41-29)18-2-4-19(30)5-3-18)24-14-32-28(40)22-7-6-20(12-23(22)24)36-10-8-35(9-11-36)17-26(39)37-15-21(38)16-37/h2-7,12,14,21,38H,8-11,15-17H2,1H3,(H,32,40). The molecule has 0 bridgehead atoms. The number of β-amino-alcohol motifs (C(OH)–C–C–N with tert-alkyl or cyclic N) is 1. The van der Waals surface area contributed by atoms with E-state index in [-0.39, 0.29) is 17.3 Å². The smallest absolute Gasteiger partial charge is 0.255 e. The highest BCUT2D eigenvalue weighted by molar-refractivity contribution is 7.16. The van der Waals surface area contributed by atoms with E-state index in [1.54, 1.807) is 23.2 Å². The second-order valence-corrected chi connectivity index (χ2v) is 11.3. The number of hydrogen-bond acceptors (Lipinski definition) is 9. The molecule has 2 aliphatic heterocycles. The first-order valence-electron chi connectivity index (χ1n) is 13.3. The molecule has 2 aromatic heterocycles. The van der Waals surface area contributed by atoms with Crippen LogP contribution >= 0.6 is 11.3 Å². The molecular weight excluding hydrogens is 545 g/mol. The molecule has 6 rings (SSSR count). The highest BCUT2D eigenvalue weighted by atomic mass is 32.1. The van der Waals surface area contributed by atoms with Gasteiger partial charge in [0.1, 0.15) is 22.5 Å². The third-order valence-electron chi connectivity index (χ3n) is 7.66. The average Bonchev–Trinajstić information content (AvgIpc) is 3.40. The molecule has 2 aromatic carbocycles. The fourth-order valence-electron chi connectivity index (χ4n) is 5.25. The van der Waals surface area contributed by atoms with Crippen LogP contribution in [0.2, 0.25) is 0 Å². The van der Waals surface area contributed by atoms with Crippen LogP contribution in [0, 0.1) is 17.1 Å². The van der Waals surface area contributed by atoms with Crippen molar-refractivity contribution in [2.45, 2.75) is 6.10 Å². The van der Waals surface area contributed by atoms with Crippen molar-refractivity contribution in [2.24, 2.45) is 0 Å². The Hall–Kier alpha value is -4.31. The maximum atomic E-state index is 13.5. The van der Waals surface area contributed by atoms with Gasteiger partial charge in [-0.3, -0.25) is 14.5 Å². The Bertz CT molecular complexity index is 1700. The van der Waals surface area contributed by atoms with Crippen LogP contribution in [0.1, 0.15) is 4.88 Å². The Morgan fingerprint density at radius 2 is 1.90 bits per heavy atom. The zero-order chi connectivity index (χ0) is 28.7. The van der Waals surface area contributed by atoms with Gasteiger partial charge in [-0.25, -0.2) is 9.37 Å². The number of likely N-dealkylation sites (tertiary alicyclic amines) is 1. The molecule has 12 heteroatoms. The summed E-state index contributed by atoms with van der Waals surface area (Å²) < 4.78 is 13.5. The van der Waals surface area contributed by atoms with Crippen LogP contribution in [0.25, 0.3) is 22.0 Å². The van der Waals surface area contributed by atoms with E-state index >= 15 is 0 Å². The first-order valence-corrected chi connectivity index (χ1v) is 14.1. The third kappa shape index (κ3) is 5.27. The van der Waals surface area contributed by atoms with E-state index in [0.717, 1.165) is 42.9 Å². The number of anilines is 3. The molecule has 10 nitrogen and oxygen atoms in total. The summed E-state index contributed by atoms with van der Waals surface area (Å²) in [6.07, 6.45) is 1.25. The Kier molecular flexibility index (Phi) is 7.17. The van der Waals surface area contributed by atoms with Crippen LogP contribution in [-0.4, -0.2) is 89.7 Å². The third-order valence-corrected chi connectivity index (χ3v) is 8.69. The van der Waals surface area contributed by atoms with Gasteiger partial charge in [-0.05, 0) is 42.5 Å². The van der Waals surface area contributed by atoms with E-state index in [1.165, 1.54) is 23.5 Å². The number of aromatic nitrogens is 2. The molecule has 0 aliphatic carbocycles. The lowest BCUT2D eigenvalue weighted by Gasteiger charge is -2.39. The zero-order valence-corrected chi connectivity index (χ0v) is 23.2. The highest BCUT2D eigenvalue weighted by Gasteiger charge is 2.30. The lowest BCUT2D eigenvalue weighted by Crippen LogP contribution is -2.57. The average molecular weight is 574 g/mol. The van der Waals surface area contributed by atoms with Gasteiger partial charge in [0.15, 0.2) is 5.13 Å². The topological polar surface area (TPSA) is 120 Å². The second kappa shape index (κ2) is 10.9. The monoisotopic (exact) mass is 573 g/mol. The molecule has 2 N–H and O–H groups in total. The molecule has 0 spiro atoms. The lowest BCUT2D eigenvalue weighted by molar-refractivity contribution is -0.142. The number of hydrogen-bond donors (Lipinski definition) is 2. The van der Waals surface area contributed by atoms with Crippen molar-refractivity contribution in [2.75, 3.05) is 62.7 Å². The number of amides is 1. The van der Waals surface area contributed by atoms with Crippen molar-refractivity contribution in [1.82, 2.24) is 19.8 Å². The number of rotatable bonds is 6. The van der Waals surface area contributed by atoms with E-state index in [2.05, 4.69) is 20.9 Å². The number of nitriles is 1. The van der Waals surface area contributed by atoms with Gasteiger partial charge in [0.25, 0.3) is 5.56 Å². The van der Waals surface area contributed by atoms with E-state index in [9.17, 15) is 24.3 Å². The number of carbonyl (C=O) groups excluding carboxylic acids is 1. The maximum absolute atomic E-state index is 13.5. The van der Waals surface area contributed by atoms with Gasteiger partial charge >= 0.3 is 0 Å². The quantitative estimate of drug-likeness (QED) is 0.362. The van der Waals surface area contributed by atoms with Gasteiger partial charge in [-0.15, -0.1) is 0 Å². The first-order chi connectivity index (χ1) is 19.8. The number of thiazole rings is 1. The van der Waals surface area contributed by atoms with Crippen molar-refractivity contribution in [3.05, 3.63) is 69.7 Å². The summed E-state index contributed by atoms with van der Waals surface area (Å²) in [5, 5.41) is 21.1. The number of H-pyrrole nitrogens is 1. The van der Waals surface area contributed by atoms with Crippen molar-refractivity contribution in [3.63, 3.8) is 0 Å². The van der Waals surface area contributed by atoms with Gasteiger partial charge in [0.2, 0.25) is 5.91 Å². The number of aliphatic hydroxyl groups excluding tert-OH is 1. The number of carbonyl (C=O) groups is 1. The number of fused-ring (bicyclic) bond motifs is 1.